The van der Waals surface area contributed by atoms with Crippen LogP contribution >= 0.6 is 35.0 Å². The van der Waals surface area contributed by atoms with Crippen LogP contribution in [0.1, 0.15) is 30.1 Å². The lowest BCUT2D eigenvalue weighted by atomic mass is 10.0. The van der Waals surface area contributed by atoms with E-state index < -0.39 is 5.79 Å². The average Bonchev–Trinajstić information content (AvgIpc) is 3.35. The highest BCUT2D eigenvalue weighted by molar-refractivity contribution is 7.99. The molecule has 12 heteroatoms. The van der Waals surface area contributed by atoms with Gasteiger partial charge in [-0.2, -0.15) is 0 Å². The molecule has 2 aromatic rings. The van der Waals surface area contributed by atoms with E-state index in [1.54, 1.807) is 30.3 Å². The summed E-state index contributed by atoms with van der Waals surface area (Å²) in [5, 5.41) is 1.38. The first kappa shape index (κ1) is 26.5. The molecule has 198 valence electrons. The van der Waals surface area contributed by atoms with Crippen LogP contribution in [0, 0.1) is 0 Å². The quantitative estimate of drug-likeness (QED) is 0.309. The van der Waals surface area contributed by atoms with Gasteiger partial charge in [0.25, 0.3) is 5.91 Å². The summed E-state index contributed by atoms with van der Waals surface area (Å²) in [6.45, 7) is 6.23. The van der Waals surface area contributed by atoms with E-state index in [-0.39, 0.29) is 23.6 Å². The number of rotatable bonds is 5. The first-order valence-electron chi connectivity index (χ1n) is 12.4. The van der Waals surface area contributed by atoms with Crippen molar-refractivity contribution in [2.75, 3.05) is 56.6 Å². The second-order valence-electron chi connectivity index (χ2n) is 9.41. The summed E-state index contributed by atoms with van der Waals surface area (Å²) in [7, 11) is 0. The molecule has 0 bridgehead atoms. The summed E-state index contributed by atoms with van der Waals surface area (Å²) < 4.78 is 11.5. The Morgan fingerprint density at radius 3 is 2.43 bits per heavy atom. The third kappa shape index (κ3) is 6.15. The molecule has 9 nitrogen and oxygen atoms in total. The Labute approximate surface area is 230 Å². The molecule has 3 aliphatic heterocycles. The third-order valence-corrected chi connectivity index (χ3v) is 8.26. The minimum absolute atomic E-state index is 0.0195. The zero-order chi connectivity index (χ0) is 26.0. The molecule has 1 spiro atoms. The van der Waals surface area contributed by atoms with Crippen molar-refractivity contribution in [3.63, 3.8) is 0 Å². The number of amides is 2. The Morgan fingerprint density at radius 1 is 1.05 bits per heavy atom. The minimum Gasteiger partial charge on any atom is -0.353 e. The number of nitrogens with zero attached hydrogens (tertiary/aromatic N) is 5. The van der Waals surface area contributed by atoms with Crippen LogP contribution in [0.2, 0.25) is 10.2 Å². The molecule has 0 radical (unpaired) electrons. The van der Waals surface area contributed by atoms with E-state index in [0.29, 0.717) is 85.5 Å². The standard InChI is InChI=1S/C25H29Cl2N5O4S/c1-17-15-31(10-11-32(17)23(34)18-2-4-19(26)5-3-18)21-14-20(27)28-24(29-21)37-16-22(33)30-8-6-25(7-9-30)35-12-13-36-25/h2-5,14,17H,6-13,15-16H2,1H3. The van der Waals surface area contributed by atoms with Crippen molar-refractivity contribution in [2.24, 2.45) is 0 Å². The van der Waals surface area contributed by atoms with E-state index in [0.717, 1.165) is 0 Å². The Bertz CT molecular complexity index is 1140. The van der Waals surface area contributed by atoms with Gasteiger partial charge in [0.2, 0.25) is 5.91 Å². The highest BCUT2D eigenvalue weighted by atomic mass is 35.5. The van der Waals surface area contributed by atoms with Crippen LogP contribution in [-0.2, 0) is 14.3 Å². The average molecular weight is 567 g/mol. The maximum Gasteiger partial charge on any atom is 0.254 e. The number of anilines is 1. The predicted octanol–water partition coefficient (Wildman–Crippen LogP) is 3.59. The Morgan fingerprint density at radius 2 is 1.76 bits per heavy atom. The Balaban J connectivity index is 1.16. The zero-order valence-electron chi connectivity index (χ0n) is 20.6. The number of hydrogen-bond donors (Lipinski definition) is 0. The van der Waals surface area contributed by atoms with Gasteiger partial charge in [-0.1, -0.05) is 35.0 Å². The summed E-state index contributed by atoms with van der Waals surface area (Å²) in [6, 6.07) is 8.64. The molecule has 4 heterocycles. The van der Waals surface area contributed by atoms with Gasteiger partial charge in [-0.15, -0.1) is 0 Å². The van der Waals surface area contributed by atoms with Gasteiger partial charge in [0, 0.05) is 68.3 Å². The van der Waals surface area contributed by atoms with Crippen molar-refractivity contribution in [1.82, 2.24) is 19.8 Å². The van der Waals surface area contributed by atoms with Crippen LogP contribution in [0.3, 0.4) is 0 Å². The molecule has 1 aromatic heterocycles. The molecule has 1 aromatic carbocycles. The zero-order valence-corrected chi connectivity index (χ0v) is 22.9. The highest BCUT2D eigenvalue weighted by Crippen LogP contribution is 2.32. The number of halogens is 2. The molecular formula is C25H29Cl2N5O4S. The van der Waals surface area contributed by atoms with Gasteiger partial charge in [0.05, 0.1) is 19.0 Å². The fourth-order valence-electron chi connectivity index (χ4n) is 4.94. The molecule has 2 amide bonds. The van der Waals surface area contributed by atoms with Crippen molar-refractivity contribution in [2.45, 2.75) is 36.8 Å². The van der Waals surface area contributed by atoms with Gasteiger partial charge in [0.1, 0.15) is 11.0 Å². The maximum absolute atomic E-state index is 13.0. The lowest BCUT2D eigenvalue weighted by Crippen LogP contribution is -2.54. The molecule has 3 aliphatic rings. The van der Waals surface area contributed by atoms with Crippen LogP contribution in [-0.4, -0.2) is 95.1 Å². The van der Waals surface area contributed by atoms with Crippen LogP contribution in [0.15, 0.2) is 35.5 Å². The van der Waals surface area contributed by atoms with Gasteiger partial charge < -0.3 is 24.2 Å². The molecule has 0 aliphatic carbocycles. The summed E-state index contributed by atoms with van der Waals surface area (Å²) in [5.41, 5.74) is 0.616. The van der Waals surface area contributed by atoms with E-state index in [1.165, 1.54) is 11.8 Å². The molecule has 3 fully saturated rings. The maximum atomic E-state index is 13.0. The number of benzene rings is 1. The number of likely N-dealkylation sites (tertiary alicyclic amines) is 1. The largest absolute Gasteiger partial charge is 0.353 e. The fourth-order valence-corrected chi connectivity index (χ4v) is 6.05. The number of thioether (sulfide) groups is 1. The summed E-state index contributed by atoms with van der Waals surface area (Å²) in [5.74, 6) is 0.430. The molecule has 37 heavy (non-hydrogen) atoms. The summed E-state index contributed by atoms with van der Waals surface area (Å²) in [4.78, 5) is 40.6. The van der Waals surface area contributed by atoms with Crippen molar-refractivity contribution in [3.05, 3.63) is 46.1 Å². The number of carbonyl (C=O) groups excluding carboxylic acids is 2. The SMILES string of the molecule is CC1CN(c2cc(Cl)nc(SCC(=O)N3CCC4(CC3)OCCO4)n2)CCN1C(=O)c1ccc(Cl)cc1. The summed E-state index contributed by atoms with van der Waals surface area (Å²) in [6.07, 6.45) is 1.37. The molecular weight excluding hydrogens is 537 g/mol. The second-order valence-corrected chi connectivity index (χ2v) is 11.2. The number of carbonyl (C=O) groups is 2. The first-order chi connectivity index (χ1) is 17.8. The van der Waals surface area contributed by atoms with Gasteiger partial charge in [-0.3, -0.25) is 9.59 Å². The molecule has 1 atom stereocenters. The van der Waals surface area contributed by atoms with Gasteiger partial charge in [-0.05, 0) is 31.2 Å². The van der Waals surface area contributed by atoms with E-state index in [4.69, 9.17) is 32.7 Å². The van der Waals surface area contributed by atoms with Crippen molar-refractivity contribution >= 4 is 52.6 Å². The van der Waals surface area contributed by atoms with Gasteiger partial charge in [-0.25, -0.2) is 9.97 Å². The second kappa shape index (κ2) is 11.3. The molecule has 1 unspecified atom stereocenters. The highest BCUT2D eigenvalue weighted by Gasteiger charge is 2.40. The smallest absolute Gasteiger partial charge is 0.254 e. The lowest BCUT2D eigenvalue weighted by Gasteiger charge is -2.40. The van der Waals surface area contributed by atoms with E-state index in [9.17, 15) is 9.59 Å². The number of piperidine rings is 1. The summed E-state index contributed by atoms with van der Waals surface area (Å²) >= 11 is 13.6. The molecule has 0 N–H and O–H groups in total. The van der Waals surface area contributed by atoms with Crippen LogP contribution in [0.25, 0.3) is 0 Å². The first-order valence-corrected chi connectivity index (χ1v) is 14.1. The number of aromatic nitrogens is 2. The number of piperazine rings is 1. The monoisotopic (exact) mass is 565 g/mol. The molecule has 0 saturated carbocycles. The van der Waals surface area contributed by atoms with E-state index >= 15 is 0 Å². The Kier molecular flexibility index (Phi) is 8.11. The van der Waals surface area contributed by atoms with Crippen molar-refractivity contribution in [1.29, 1.82) is 0 Å². The van der Waals surface area contributed by atoms with Crippen molar-refractivity contribution in [3.8, 4) is 0 Å². The fraction of sp³-hybridized carbons (Fsp3) is 0.520. The Hall–Kier alpha value is -2.11. The molecule has 5 rings (SSSR count). The topological polar surface area (TPSA) is 88.1 Å². The van der Waals surface area contributed by atoms with Gasteiger partial charge >= 0.3 is 0 Å². The van der Waals surface area contributed by atoms with Crippen LogP contribution < -0.4 is 4.90 Å². The van der Waals surface area contributed by atoms with Crippen molar-refractivity contribution < 1.29 is 19.1 Å². The van der Waals surface area contributed by atoms with E-state index in [1.807, 2.05) is 16.7 Å². The van der Waals surface area contributed by atoms with Crippen LogP contribution in [0.5, 0.6) is 0 Å². The third-order valence-electron chi connectivity index (χ3n) is 6.98. The minimum atomic E-state index is -0.504. The lowest BCUT2D eigenvalue weighted by molar-refractivity contribution is -0.186. The molecule has 3 saturated heterocycles. The van der Waals surface area contributed by atoms with Gasteiger partial charge in [0.15, 0.2) is 10.9 Å². The number of ether oxygens (including phenoxy) is 2. The van der Waals surface area contributed by atoms with E-state index in [2.05, 4.69) is 14.9 Å². The normalized spacial score (nSPS) is 21.5. The van der Waals surface area contributed by atoms with Crippen LogP contribution in [0.4, 0.5) is 5.82 Å². The number of hydrogen-bond acceptors (Lipinski definition) is 8. The predicted molar refractivity (Wildman–Crippen MR) is 142 cm³/mol.